The number of ether oxygens (including phenoxy) is 2. The van der Waals surface area contributed by atoms with Gasteiger partial charge in [0.05, 0.1) is 13.2 Å². The first kappa shape index (κ1) is 24.1. The minimum absolute atomic E-state index is 0.165. The van der Waals surface area contributed by atoms with Crippen LogP contribution in [0.5, 0.6) is 5.75 Å². The van der Waals surface area contributed by atoms with Crippen molar-refractivity contribution in [3.05, 3.63) is 114 Å². The summed E-state index contributed by atoms with van der Waals surface area (Å²) in [5.41, 5.74) is 4.72. The van der Waals surface area contributed by atoms with Crippen LogP contribution in [0.1, 0.15) is 46.8 Å². The normalized spacial score (nSPS) is 11.0. The fourth-order valence-electron chi connectivity index (χ4n) is 3.13. The van der Waals surface area contributed by atoms with Crippen LogP contribution >= 0.6 is 0 Å². The number of carbonyl (C=O) groups is 1. The second-order valence-electron chi connectivity index (χ2n) is 7.86. The molecule has 3 nitrogen and oxygen atoms in total. The third-order valence-electron chi connectivity index (χ3n) is 5.10. The maximum absolute atomic E-state index is 13.0. The average molecular weight is 445 g/mol. The quantitative estimate of drug-likeness (QED) is 0.169. The zero-order chi connectivity index (χ0) is 23.5. The van der Waals surface area contributed by atoms with Gasteiger partial charge in [0.1, 0.15) is 11.6 Å². The Labute approximate surface area is 195 Å². The number of rotatable bonds is 12. The van der Waals surface area contributed by atoms with Gasteiger partial charge in [-0.25, -0.2) is 4.39 Å². The van der Waals surface area contributed by atoms with E-state index in [4.69, 9.17) is 9.47 Å². The van der Waals surface area contributed by atoms with Crippen LogP contribution in [0.4, 0.5) is 4.39 Å². The molecule has 170 valence electrons. The van der Waals surface area contributed by atoms with E-state index in [1.807, 2.05) is 31.2 Å². The number of hydrogen-bond donors (Lipinski definition) is 0. The number of halogens is 1. The van der Waals surface area contributed by atoms with Crippen LogP contribution in [0, 0.1) is 5.82 Å². The number of carbonyl (C=O) groups excluding carboxylic acids is 1. The van der Waals surface area contributed by atoms with E-state index in [0.29, 0.717) is 25.4 Å². The molecule has 0 heterocycles. The summed E-state index contributed by atoms with van der Waals surface area (Å²) in [5.74, 6) is 0.264. The Balaban J connectivity index is 1.31. The molecule has 0 N–H and O–H groups in total. The highest BCUT2D eigenvalue weighted by molar-refractivity contribution is 6.06. The molecule has 0 unspecified atom stereocenters. The molecule has 4 heteroatoms. The fraction of sp³-hybridized carbons (Fsp3) is 0.207. The summed E-state index contributed by atoms with van der Waals surface area (Å²) in [5, 5.41) is 0. The molecule has 0 saturated carbocycles. The fourth-order valence-corrected chi connectivity index (χ4v) is 3.13. The van der Waals surface area contributed by atoms with E-state index < -0.39 is 0 Å². The minimum Gasteiger partial charge on any atom is -0.494 e. The van der Waals surface area contributed by atoms with E-state index in [9.17, 15) is 9.18 Å². The molecular weight excluding hydrogens is 415 g/mol. The van der Waals surface area contributed by atoms with Gasteiger partial charge in [-0.2, -0.15) is 0 Å². The van der Waals surface area contributed by atoms with Gasteiger partial charge in [-0.05, 0) is 78.9 Å². The van der Waals surface area contributed by atoms with Gasteiger partial charge < -0.3 is 9.47 Å². The molecule has 0 bridgehead atoms. The lowest BCUT2D eigenvalue weighted by Gasteiger charge is -2.08. The van der Waals surface area contributed by atoms with Crippen molar-refractivity contribution in [1.29, 1.82) is 0 Å². The van der Waals surface area contributed by atoms with Crippen molar-refractivity contribution in [1.82, 2.24) is 0 Å². The molecule has 33 heavy (non-hydrogen) atoms. The van der Waals surface area contributed by atoms with Gasteiger partial charge in [0.15, 0.2) is 5.78 Å². The predicted molar refractivity (Wildman–Crippen MR) is 132 cm³/mol. The van der Waals surface area contributed by atoms with Crippen LogP contribution < -0.4 is 4.74 Å². The minimum atomic E-state index is -0.358. The molecule has 0 aromatic heterocycles. The monoisotopic (exact) mass is 444 g/mol. The predicted octanol–water partition coefficient (Wildman–Crippen LogP) is 7.13. The zero-order valence-corrected chi connectivity index (χ0v) is 18.9. The second-order valence-corrected chi connectivity index (χ2v) is 7.86. The SMILES string of the molecule is C=C(C)c1ccc(COCCCCOc2ccc(/C=C/C(=O)c3ccc(F)cc3)cc2)cc1. The Morgan fingerprint density at radius 2 is 1.52 bits per heavy atom. The summed E-state index contributed by atoms with van der Waals surface area (Å²) in [6.45, 7) is 7.86. The first-order chi connectivity index (χ1) is 16.0. The highest BCUT2D eigenvalue weighted by Crippen LogP contribution is 2.15. The van der Waals surface area contributed by atoms with Gasteiger partial charge >= 0.3 is 0 Å². The number of unbranched alkanes of at least 4 members (excludes halogenated alkanes) is 1. The first-order valence-corrected chi connectivity index (χ1v) is 11.0. The van der Waals surface area contributed by atoms with Crippen LogP contribution in [0.3, 0.4) is 0 Å². The molecule has 0 fully saturated rings. The number of hydrogen-bond acceptors (Lipinski definition) is 3. The Morgan fingerprint density at radius 1 is 0.879 bits per heavy atom. The Morgan fingerprint density at radius 3 is 2.18 bits per heavy atom. The highest BCUT2D eigenvalue weighted by Gasteiger charge is 2.02. The summed E-state index contributed by atoms with van der Waals surface area (Å²) in [7, 11) is 0. The molecule has 3 aromatic rings. The van der Waals surface area contributed by atoms with Crippen LogP contribution in [-0.4, -0.2) is 19.0 Å². The smallest absolute Gasteiger partial charge is 0.185 e. The summed E-state index contributed by atoms with van der Waals surface area (Å²) in [6.07, 6.45) is 5.05. The molecule has 0 spiro atoms. The Kier molecular flexibility index (Phi) is 9.16. The third-order valence-corrected chi connectivity index (χ3v) is 5.10. The molecule has 0 aliphatic carbocycles. The van der Waals surface area contributed by atoms with Crippen LogP contribution in [0.15, 0.2) is 85.5 Å². The highest BCUT2D eigenvalue weighted by atomic mass is 19.1. The van der Waals surface area contributed by atoms with Crippen molar-refractivity contribution in [3.63, 3.8) is 0 Å². The van der Waals surface area contributed by atoms with Gasteiger partial charge in [0, 0.05) is 12.2 Å². The standard InChI is InChI=1S/C29H29FO3/c1-22(2)25-10-5-24(6-11-25)21-32-19-3-4-20-33-28-16-7-23(8-17-28)9-18-29(31)26-12-14-27(30)15-13-26/h5-18H,1,3-4,19-21H2,2H3/b18-9+. The summed E-state index contributed by atoms with van der Waals surface area (Å²) in [4.78, 5) is 12.1. The van der Waals surface area contributed by atoms with E-state index in [-0.39, 0.29) is 11.6 Å². The van der Waals surface area contributed by atoms with Crippen molar-refractivity contribution >= 4 is 17.4 Å². The van der Waals surface area contributed by atoms with Crippen LogP contribution in [-0.2, 0) is 11.3 Å². The van der Waals surface area contributed by atoms with Crippen molar-refractivity contribution < 1.29 is 18.7 Å². The number of benzene rings is 3. The molecule has 0 saturated heterocycles. The number of ketones is 1. The van der Waals surface area contributed by atoms with Gasteiger partial charge in [0.2, 0.25) is 0 Å². The maximum Gasteiger partial charge on any atom is 0.185 e. The van der Waals surface area contributed by atoms with Crippen molar-refractivity contribution in [2.24, 2.45) is 0 Å². The molecule has 0 amide bonds. The zero-order valence-electron chi connectivity index (χ0n) is 18.9. The van der Waals surface area contributed by atoms with Gasteiger partial charge in [-0.15, -0.1) is 0 Å². The van der Waals surface area contributed by atoms with E-state index in [0.717, 1.165) is 40.9 Å². The molecule has 0 aliphatic rings. The van der Waals surface area contributed by atoms with E-state index >= 15 is 0 Å². The lowest BCUT2D eigenvalue weighted by molar-refractivity contribution is 0.104. The first-order valence-electron chi connectivity index (χ1n) is 11.0. The maximum atomic E-state index is 13.0. The Bertz CT molecular complexity index is 1070. The molecule has 0 radical (unpaired) electrons. The molecule has 0 atom stereocenters. The van der Waals surface area contributed by atoms with E-state index in [1.54, 1.807) is 6.08 Å². The second kappa shape index (κ2) is 12.5. The molecular formula is C29H29FO3. The molecule has 0 aliphatic heterocycles. The van der Waals surface area contributed by atoms with E-state index in [1.165, 1.54) is 30.3 Å². The summed E-state index contributed by atoms with van der Waals surface area (Å²) >= 11 is 0. The van der Waals surface area contributed by atoms with Gasteiger partial charge in [0.25, 0.3) is 0 Å². The van der Waals surface area contributed by atoms with Gasteiger partial charge in [-0.3, -0.25) is 4.79 Å². The van der Waals surface area contributed by atoms with Crippen molar-refractivity contribution in [2.45, 2.75) is 26.4 Å². The van der Waals surface area contributed by atoms with Crippen LogP contribution in [0.2, 0.25) is 0 Å². The summed E-state index contributed by atoms with van der Waals surface area (Å²) in [6, 6.07) is 21.4. The molecule has 3 rings (SSSR count). The van der Waals surface area contributed by atoms with Crippen LogP contribution in [0.25, 0.3) is 11.6 Å². The lowest BCUT2D eigenvalue weighted by atomic mass is 10.1. The number of allylic oxidation sites excluding steroid dienone is 2. The summed E-state index contributed by atoms with van der Waals surface area (Å²) < 4.78 is 24.5. The van der Waals surface area contributed by atoms with E-state index in [2.05, 4.69) is 30.8 Å². The largest absolute Gasteiger partial charge is 0.494 e. The molecule has 3 aromatic carbocycles. The van der Waals surface area contributed by atoms with Gasteiger partial charge in [-0.1, -0.05) is 54.6 Å². The van der Waals surface area contributed by atoms with Crippen molar-refractivity contribution in [3.8, 4) is 5.75 Å². The topological polar surface area (TPSA) is 35.5 Å². The average Bonchev–Trinajstić information content (AvgIpc) is 2.83. The lowest BCUT2D eigenvalue weighted by Crippen LogP contribution is -2.01. The Hall–Kier alpha value is -3.50. The third kappa shape index (κ3) is 8.17. The van der Waals surface area contributed by atoms with Crippen molar-refractivity contribution in [2.75, 3.05) is 13.2 Å².